The second-order valence-corrected chi connectivity index (χ2v) is 6.71. The zero-order valence-electron chi connectivity index (χ0n) is 13.0. The number of hydrogen-bond donors (Lipinski definition) is 1. The van der Waals surface area contributed by atoms with Gasteiger partial charge in [0, 0.05) is 17.4 Å². The summed E-state index contributed by atoms with van der Waals surface area (Å²) >= 11 is 0. The van der Waals surface area contributed by atoms with Gasteiger partial charge in [0.15, 0.2) is 5.78 Å². The van der Waals surface area contributed by atoms with Crippen molar-refractivity contribution in [2.24, 2.45) is 17.3 Å². The van der Waals surface area contributed by atoms with E-state index in [0.717, 1.165) is 25.7 Å². The molecular weight excluding hydrogens is 236 g/mol. The first-order chi connectivity index (χ1) is 8.90. The van der Waals surface area contributed by atoms with Crippen molar-refractivity contribution < 1.29 is 9.90 Å². The third-order valence-corrected chi connectivity index (χ3v) is 4.52. The third-order valence-electron chi connectivity index (χ3n) is 4.52. The van der Waals surface area contributed by atoms with Gasteiger partial charge in [0.05, 0.1) is 5.76 Å². The van der Waals surface area contributed by atoms with E-state index in [1.165, 1.54) is 25.3 Å². The number of ketones is 1. The van der Waals surface area contributed by atoms with Gasteiger partial charge in [-0.25, -0.2) is 0 Å². The Kier molecular flexibility index (Phi) is 6.09. The van der Waals surface area contributed by atoms with E-state index >= 15 is 0 Å². The third kappa shape index (κ3) is 4.67. The van der Waals surface area contributed by atoms with Crippen LogP contribution in [0.15, 0.2) is 11.8 Å². The summed E-state index contributed by atoms with van der Waals surface area (Å²) in [5.74, 6) is 1.24. The molecule has 1 rings (SSSR count). The van der Waals surface area contributed by atoms with Crippen molar-refractivity contribution in [1.29, 1.82) is 0 Å². The molecule has 0 amide bonds. The van der Waals surface area contributed by atoms with Gasteiger partial charge in [-0.1, -0.05) is 53.4 Å². The molecule has 1 aliphatic carbocycles. The van der Waals surface area contributed by atoms with E-state index in [9.17, 15) is 9.90 Å². The maximum Gasteiger partial charge on any atom is 0.164 e. The van der Waals surface area contributed by atoms with Gasteiger partial charge in [-0.05, 0) is 25.2 Å². The molecule has 1 aliphatic rings. The van der Waals surface area contributed by atoms with Crippen LogP contribution in [0.4, 0.5) is 0 Å². The van der Waals surface area contributed by atoms with Gasteiger partial charge in [-0.2, -0.15) is 0 Å². The van der Waals surface area contributed by atoms with E-state index in [4.69, 9.17) is 0 Å². The summed E-state index contributed by atoms with van der Waals surface area (Å²) in [5, 5.41) is 10.1. The lowest BCUT2D eigenvalue weighted by molar-refractivity contribution is -0.123. The highest BCUT2D eigenvalue weighted by atomic mass is 16.3. The van der Waals surface area contributed by atoms with E-state index in [1.807, 2.05) is 13.8 Å². The van der Waals surface area contributed by atoms with E-state index in [-0.39, 0.29) is 22.9 Å². The standard InChI is InChI=1S/C17H30O2/c1-5-8-14(6-2)15(18)11-16(19)17(3,4)12-13-9-7-10-13/h11,13-14,18H,5-10,12H2,1-4H3/b15-11-. The van der Waals surface area contributed by atoms with Gasteiger partial charge in [0.1, 0.15) is 0 Å². The fourth-order valence-electron chi connectivity index (χ4n) is 2.88. The van der Waals surface area contributed by atoms with Crippen molar-refractivity contribution in [2.45, 2.75) is 72.6 Å². The summed E-state index contributed by atoms with van der Waals surface area (Å²) in [6.07, 6.45) is 9.19. The zero-order valence-corrected chi connectivity index (χ0v) is 13.0. The summed E-state index contributed by atoms with van der Waals surface area (Å²) < 4.78 is 0. The van der Waals surface area contributed by atoms with Gasteiger partial charge in [0.25, 0.3) is 0 Å². The van der Waals surface area contributed by atoms with E-state index in [1.54, 1.807) is 0 Å². The number of carbonyl (C=O) groups is 1. The Morgan fingerprint density at radius 2 is 2.00 bits per heavy atom. The Bertz CT molecular complexity index is 324. The molecule has 0 spiro atoms. The molecule has 1 N–H and O–H groups in total. The first-order valence-corrected chi connectivity index (χ1v) is 7.85. The largest absolute Gasteiger partial charge is 0.512 e. The summed E-state index contributed by atoms with van der Waals surface area (Å²) in [6, 6.07) is 0. The lowest BCUT2D eigenvalue weighted by Crippen LogP contribution is -2.28. The molecule has 0 aromatic heterocycles. The number of aliphatic hydroxyl groups is 1. The highest BCUT2D eigenvalue weighted by Crippen LogP contribution is 2.38. The average molecular weight is 266 g/mol. The molecule has 0 aliphatic heterocycles. The fraction of sp³-hybridized carbons (Fsp3) is 0.824. The Labute approximate surface area is 118 Å². The minimum Gasteiger partial charge on any atom is -0.512 e. The summed E-state index contributed by atoms with van der Waals surface area (Å²) in [5.41, 5.74) is -0.330. The lowest BCUT2D eigenvalue weighted by Gasteiger charge is -2.33. The Morgan fingerprint density at radius 1 is 1.37 bits per heavy atom. The number of aliphatic hydroxyl groups excluding tert-OH is 1. The van der Waals surface area contributed by atoms with Gasteiger partial charge < -0.3 is 5.11 Å². The summed E-state index contributed by atoms with van der Waals surface area (Å²) in [4.78, 5) is 12.3. The maximum absolute atomic E-state index is 12.3. The molecule has 1 saturated carbocycles. The molecular formula is C17H30O2. The second-order valence-electron chi connectivity index (χ2n) is 6.71. The Balaban J connectivity index is 2.63. The van der Waals surface area contributed by atoms with Crippen LogP contribution in [-0.2, 0) is 4.79 Å². The van der Waals surface area contributed by atoms with Gasteiger partial charge in [0.2, 0.25) is 0 Å². The molecule has 0 aromatic rings. The highest BCUT2D eigenvalue weighted by Gasteiger charge is 2.32. The van der Waals surface area contributed by atoms with Gasteiger partial charge in [-0.15, -0.1) is 0 Å². The number of rotatable bonds is 8. The average Bonchev–Trinajstić information content (AvgIpc) is 2.30. The van der Waals surface area contributed by atoms with Crippen molar-refractivity contribution in [1.82, 2.24) is 0 Å². The molecule has 110 valence electrons. The first-order valence-electron chi connectivity index (χ1n) is 7.85. The van der Waals surface area contributed by atoms with Crippen LogP contribution in [0.5, 0.6) is 0 Å². The highest BCUT2D eigenvalue weighted by molar-refractivity contribution is 5.94. The molecule has 2 nitrogen and oxygen atoms in total. The quantitative estimate of drug-likeness (QED) is 0.493. The molecule has 0 aromatic carbocycles. The van der Waals surface area contributed by atoms with Crippen molar-refractivity contribution in [3.8, 4) is 0 Å². The first kappa shape index (κ1) is 16.3. The van der Waals surface area contributed by atoms with E-state index in [0.29, 0.717) is 5.92 Å². The molecule has 0 heterocycles. The molecule has 19 heavy (non-hydrogen) atoms. The van der Waals surface area contributed by atoms with Crippen LogP contribution in [0.2, 0.25) is 0 Å². The smallest absolute Gasteiger partial charge is 0.164 e. The number of carbonyl (C=O) groups excluding carboxylic acids is 1. The van der Waals surface area contributed by atoms with Crippen LogP contribution in [0.3, 0.4) is 0 Å². The van der Waals surface area contributed by atoms with Gasteiger partial charge in [-0.3, -0.25) is 4.79 Å². The Hall–Kier alpha value is -0.790. The van der Waals surface area contributed by atoms with Crippen LogP contribution in [-0.4, -0.2) is 10.9 Å². The van der Waals surface area contributed by atoms with Crippen LogP contribution in [0, 0.1) is 17.3 Å². The maximum atomic E-state index is 12.3. The van der Waals surface area contributed by atoms with Crippen molar-refractivity contribution in [2.75, 3.05) is 0 Å². The lowest BCUT2D eigenvalue weighted by atomic mass is 9.71. The summed E-state index contributed by atoms with van der Waals surface area (Å²) in [6.45, 7) is 8.20. The minimum absolute atomic E-state index is 0.0893. The fourth-order valence-corrected chi connectivity index (χ4v) is 2.88. The normalized spacial score (nSPS) is 19.1. The number of allylic oxidation sites excluding steroid dienone is 2. The molecule has 2 heteroatoms. The van der Waals surface area contributed by atoms with Gasteiger partial charge >= 0.3 is 0 Å². The molecule has 1 atom stereocenters. The molecule has 1 fully saturated rings. The van der Waals surface area contributed by atoms with Crippen molar-refractivity contribution >= 4 is 5.78 Å². The van der Waals surface area contributed by atoms with Crippen LogP contribution < -0.4 is 0 Å². The van der Waals surface area contributed by atoms with E-state index in [2.05, 4.69) is 13.8 Å². The predicted octanol–water partition coefficient (Wildman–Crippen LogP) is 5.04. The van der Waals surface area contributed by atoms with E-state index < -0.39 is 0 Å². The van der Waals surface area contributed by atoms with Crippen LogP contribution in [0.1, 0.15) is 72.6 Å². The molecule has 0 saturated heterocycles. The Morgan fingerprint density at radius 3 is 2.42 bits per heavy atom. The van der Waals surface area contributed by atoms with Crippen molar-refractivity contribution in [3.05, 3.63) is 11.8 Å². The SMILES string of the molecule is CCCC(CC)/C(O)=C/C(=O)C(C)(C)CC1CCC1. The minimum atomic E-state index is -0.330. The topological polar surface area (TPSA) is 37.3 Å². The van der Waals surface area contributed by atoms with Crippen LogP contribution in [0.25, 0.3) is 0 Å². The zero-order chi connectivity index (χ0) is 14.5. The number of hydrogen-bond acceptors (Lipinski definition) is 2. The van der Waals surface area contributed by atoms with Crippen molar-refractivity contribution in [3.63, 3.8) is 0 Å². The summed E-state index contributed by atoms with van der Waals surface area (Å²) in [7, 11) is 0. The van der Waals surface area contributed by atoms with Crippen LogP contribution >= 0.6 is 0 Å². The predicted molar refractivity (Wildman–Crippen MR) is 80.1 cm³/mol. The molecule has 1 unspecified atom stereocenters. The molecule has 0 radical (unpaired) electrons. The monoisotopic (exact) mass is 266 g/mol. The molecule has 0 bridgehead atoms. The second kappa shape index (κ2) is 7.12.